The van der Waals surface area contributed by atoms with Gasteiger partial charge in [-0.25, -0.2) is 0 Å². The molecule has 0 aliphatic heterocycles. The van der Waals surface area contributed by atoms with E-state index in [2.05, 4.69) is 40.7 Å². The number of hydrogen-bond donors (Lipinski definition) is 1. The van der Waals surface area contributed by atoms with Gasteiger partial charge in [-0.2, -0.15) is 5.10 Å². The van der Waals surface area contributed by atoms with Gasteiger partial charge in [0.05, 0.1) is 11.4 Å². The molecule has 0 aliphatic rings. The van der Waals surface area contributed by atoms with Crippen molar-refractivity contribution in [1.82, 2.24) is 20.3 Å². The van der Waals surface area contributed by atoms with E-state index in [0.717, 1.165) is 43.2 Å². The van der Waals surface area contributed by atoms with Crippen LogP contribution in [0.15, 0.2) is 53.9 Å². The average molecular weight is 448 g/mol. The zero-order chi connectivity index (χ0) is 18.5. The van der Waals surface area contributed by atoms with Crippen molar-refractivity contribution < 1.29 is 13.1 Å². The summed E-state index contributed by atoms with van der Waals surface area (Å²) in [4.78, 5) is 10.5. The van der Waals surface area contributed by atoms with Gasteiger partial charge in [0.1, 0.15) is 0 Å². The van der Waals surface area contributed by atoms with Gasteiger partial charge in [0.2, 0.25) is 0 Å². The van der Waals surface area contributed by atoms with E-state index in [1.165, 1.54) is 0 Å². The molecule has 139 valence electrons. The Kier molecular flexibility index (Phi) is 11.4. The second-order valence-corrected chi connectivity index (χ2v) is 6.81. The fourth-order valence-electron chi connectivity index (χ4n) is 1.78. The summed E-state index contributed by atoms with van der Waals surface area (Å²) in [5, 5.41) is 4.85. The van der Waals surface area contributed by atoms with Gasteiger partial charge in [-0.05, 0) is 43.4 Å². The number of pyridine rings is 2. The molecule has 2 rings (SSSR count). The monoisotopic (exact) mass is 446 g/mol. The Morgan fingerprint density at radius 2 is 1.84 bits per heavy atom. The first-order valence-corrected chi connectivity index (χ1v) is 10.3. The topological polar surface area (TPSA) is 53.4 Å². The normalized spacial score (nSPS) is 10.6. The van der Waals surface area contributed by atoms with Crippen molar-refractivity contribution in [2.24, 2.45) is 5.10 Å². The van der Waals surface area contributed by atoms with Gasteiger partial charge < -0.3 is 4.90 Å². The quantitative estimate of drug-likeness (QED) is 0.328. The molecule has 9 heteroatoms. The van der Waals surface area contributed by atoms with Gasteiger partial charge in [-0.15, -0.1) is 0 Å². The molecule has 1 N–H and O–H groups in total. The third kappa shape index (κ3) is 9.14. The summed E-state index contributed by atoms with van der Waals surface area (Å²) < 4.78 is 0. The molecule has 0 aromatic carbocycles. The van der Waals surface area contributed by atoms with Crippen LogP contribution in [0, 0.1) is 0 Å². The van der Waals surface area contributed by atoms with Crippen LogP contribution in [0.25, 0.3) is 0 Å². The number of hydrazone groups is 1. The summed E-state index contributed by atoms with van der Waals surface area (Å²) in [6, 6.07) is 11.6. The van der Waals surface area contributed by atoms with Crippen LogP contribution in [-0.2, 0) is 19.6 Å². The summed E-state index contributed by atoms with van der Waals surface area (Å²) in [7, 11) is 11.3. The molecule has 5 nitrogen and oxygen atoms in total. The fourth-order valence-corrected chi connectivity index (χ4v) is 1.92. The third-order valence-electron chi connectivity index (χ3n) is 3.13. The summed E-state index contributed by atoms with van der Waals surface area (Å²) in [6.07, 6.45) is 4.38. The predicted octanol–water partition coefficient (Wildman–Crippen LogP) is 3.63. The van der Waals surface area contributed by atoms with Crippen molar-refractivity contribution in [3.05, 3.63) is 60.2 Å². The molecule has 0 amide bonds. The minimum atomic E-state index is 0.575. The zero-order valence-electron chi connectivity index (χ0n) is 13.8. The summed E-state index contributed by atoms with van der Waals surface area (Å²) in [6.45, 7) is 2.67. The van der Waals surface area contributed by atoms with E-state index in [0.29, 0.717) is 5.11 Å². The molecule has 2 aromatic rings. The van der Waals surface area contributed by atoms with E-state index in [1.807, 2.05) is 55.3 Å². The van der Waals surface area contributed by atoms with Crippen LogP contribution in [0.4, 0.5) is 0 Å². The molecule has 0 saturated carbocycles. The molecule has 0 fully saturated rings. The Hall–Kier alpha value is -1.24. The van der Waals surface area contributed by atoms with E-state index >= 15 is 0 Å². The van der Waals surface area contributed by atoms with Crippen molar-refractivity contribution in [3.8, 4) is 0 Å². The van der Waals surface area contributed by atoms with Crippen LogP contribution < -0.4 is 5.43 Å². The summed E-state index contributed by atoms with van der Waals surface area (Å²) in [5.41, 5.74) is 5.57. The molecule has 0 saturated heterocycles. The molecule has 0 aliphatic carbocycles. The van der Waals surface area contributed by atoms with Crippen molar-refractivity contribution in [1.29, 1.82) is 0 Å². The molecule has 2 aromatic heterocycles. The number of likely N-dealkylation sites (N-methyl/N-ethyl adjacent to an activating group) is 1. The second kappa shape index (κ2) is 13.0. The SMILES string of the molecule is CC(=NNC(=S)N(C)CCc1ccccn1)c1ccccn1.[Cl][Cu][Cl]. The number of nitrogens with one attached hydrogen (secondary N) is 1. The van der Waals surface area contributed by atoms with Gasteiger partial charge in [0.25, 0.3) is 0 Å². The number of hydrogen-bond acceptors (Lipinski definition) is 4. The molecule has 0 atom stereocenters. The molecule has 0 bridgehead atoms. The van der Waals surface area contributed by atoms with Crippen molar-refractivity contribution in [2.75, 3.05) is 13.6 Å². The molecule has 0 spiro atoms. The summed E-state index contributed by atoms with van der Waals surface area (Å²) >= 11 is 6.08. The maximum atomic E-state index is 5.33. The first-order chi connectivity index (χ1) is 12.1. The molecular formula is C16H19Cl2CuN5S. The molecule has 2 heterocycles. The van der Waals surface area contributed by atoms with E-state index in [1.54, 1.807) is 12.4 Å². The molecule has 0 radical (unpaired) electrons. The van der Waals surface area contributed by atoms with Gasteiger partial charge in [0, 0.05) is 38.1 Å². The van der Waals surface area contributed by atoms with Crippen molar-refractivity contribution in [3.63, 3.8) is 0 Å². The van der Waals surface area contributed by atoms with Gasteiger partial charge in [-0.3, -0.25) is 15.4 Å². The van der Waals surface area contributed by atoms with Crippen LogP contribution in [0.3, 0.4) is 0 Å². The Balaban J connectivity index is 0.000000970. The maximum absolute atomic E-state index is 5.33. The number of nitrogens with zero attached hydrogens (tertiary/aromatic N) is 4. The Bertz CT molecular complexity index is 658. The van der Waals surface area contributed by atoms with E-state index < -0.39 is 0 Å². The van der Waals surface area contributed by atoms with E-state index in [4.69, 9.17) is 12.2 Å². The number of thiocarbonyl (C=S) groups is 1. The van der Waals surface area contributed by atoms with Gasteiger partial charge in [-0.1, -0.05) is 12.1 Å². The van der Waals surface area contributed by atoms with Gasteiger partial charge in [0.15, 0.2) is 5.11 Å². The van der Waals surface area contributed by atoms with Crippen molar-refractivity contribution >= 4 is 43.2 Å². The van der Waals surface area contributed by atoms with Crippen LogP contribution in [-0.4, -0.2) is 39.3 Å². The second-order valence-electron chi connectivity index (χ2n) is 4.86. The Labute approximate surface area is 168 Å². The van der Waals surface area contributed by atoms with Crippen LogP contribution in [0.1, 0.15) is 18.3 Å². The van der Waals surface area contributed by atoms with Crippen LogP contribution in [0.5, 0.6) is 0 Å². The minimum absolute atomic E-state index is 0.575. The van der Waals surface area contributed by atoms with Crippen LogP contribution in [0.2, 0.25) is 0 Å². The third-order valence-corrected chi connectivity index (χ3v) is 3.53. The average Bonchev–Trinajstić information content (AvgIpc) is 2.66. The number of halogens is 2. The van der Waals surface area contributed by atoms with E-state index in [9.17, 15) is 0 Å². The van der Waals surface area contributed by atoms with Crippen molar-refractivity contribution in [2.45, 2.75) is 13.3 Å². The molecule has 25 heavy (non-hydrogen) atoms. The summed E-state index contributed by atoms with van der Waals surface area (Å²) in [5.74, 6) is 0. The Morgan fingerprint density at radius 3 is 2.40 bits per heavy atom. The Morgan fingerprint density at radius 1 is 1.20 bits per heavy atom. The molecular weight excluding hydrogens is 429 g/mol. The standard InChI is InChI=1S/C16H19N5S.2ClH.Cu/c1-13(15-8-4-6-11-18-15)19-20-16(22)21(2)12-9-14-7-3-5-10-17-14;;;/h3-8,10-11H,9,12H2,1-2H3,(H,20,22);2*1H;/q;;;+2/p-2. The number of rotatable bonds is 5. The van der Waals surface area contributed by atoms with E-state index in [-0.39, 0.29) is 0 Å². The zero-order valence-corrected chi connectivity index (χ0v) is 17.1. The fraction of sp³-hybridized carbons (Fsp3) is 0.250. The first kappa shape index (κ1) is 21.8. The number of aromatic nitrogens is 2. The van der Waals surface area contributed by atoms with Gasteiger partial charge >= 0.3 is 33.3 Å². The first-order valence-electron chi connectivity index (χ1n) is 7.26. The molecule has 0 unspecified atom stereocenters. The predicted molar refractivity (Wildman–Crippen MR) is 104 cm³/mol. The van der Waals surface area contributed by atoms with Crippen LogP contribution >= 0.6 is 32.4 Å².